The van der Waals surface area contributed by atoms with Gasteiger partial charge < -0.3 is 0 Å². The van der Waals surface area contributed by atoms with Crippen molar-refractivity contribution in [2.45, 2.75) is 40.0 Å². The van der Waals surface area contributed by atoms with E-state index in [1.54, 1.807) is 40.1 Å². The molecule has 0 radical (unpaired) electrons. The summed E-state index contributed by atoms with van der Waals surface area (Å²) in [7, 11) is 3.41. The van der Waals surface area contributed by atoms with Crippen molar-refractivity contribution >= 4 is 46.2 Å². The van der Waals surface area contributed by atoms with Gasteiger partial charge in [0.05, 0.1) is 26.9 Å². The van der Waals surface area contributed by atoms with Gasteiger partial charge in [-0.25, -0.2) is 10.4 Å². The second-order valence-corrected chi connectivity index (χ2v) is 10.4. The average molecular weight is 483 g/mol. The van der Waals surface area contributed by atoms with E-state index in [-0.39, 0.29) is 17.2 Å². The second-order valence-electron chi connectivity index (χ2n) is 9.31. The normalized spacial score (nSPS) is 16.6. The Morgan fingerprint density at radius 2 is 1.65 bits per heavy atom. The van der Waals surface area contributed by atoms with Crippen molar-refractivity contribution in [3.8, 4) is 0 Å². The molecule has 1 unspecified atom stereocenters. The molecule has 0 saturated carbocycles. The molecule has 1 aliphatic heterocycles. The molecule has 0 bridgehead atoms. The molecular weight excluding hydrogens is 452 g/mol. The summed E-state index contributed by atoms with van der Waals surface area (Å²) < 4.78 is 0. The number of hydrazine groups is 1. The van der Waals surface area contributed by atoms with E-state index in [2.05, 4.69) is 41.8 Å². The third kappa shape index (κ3) is 5.57. The van der Waals surface area contributed by atoms with E-state index in [0.29, 0.717) is 26.9 Å². The first kappa shape index (κ1) is 25.3. The third-order valence-electron chi connectivity index (χ3n) is 5.24. The minimum Gasteiger partial charge on any atom is -0.285 e. The summed E-state index contributed by atoms with van der Waals surface area (Å²) in [5.74, 6) is -1.64. The molecule has 2 aromatic rings. The SMILES string of the molecule is CC1=NN(c2ccc(C(C)(C)C)cc2)C(=O)C1/C(C)=N/NC(=O)c1ccc(C(=O)NN(C)C)s1. The molecular formula is C24H30N6O3S. The average Bonchev–Trinajstić information content (AvgIpc) is 3.36. The molecule has 1 aliphatic rings. The van der Waals surface area contributed by atoms with Crippen molar-refractivity contribution in [2.75, 3.05) is 19.1 Å². The highest BCUT2D eigenvalue weighted by Gasteiger charge is 2.36. The number of amides is 3. The third-order valence-corrected chi connectivity index (χ3v) is 6.32. The van der Waals surface area contributed by atoms with Gasteiger partial charge in [0.2, 0.25) is 0 Å². The van der Waals surface area contributed by atoms with Crippen LogP contribution in [0.1, 0.15) is 59.5 Å². The Morgan fingerprint density at radius 1 is 1.06 bits per heavy atom. The number of nitrogens with one attached hydrogen (secondary N) is 2. The maximum absolute atomic E-state index is 13.1. The molecule has 1 aromatic carbocycles. The smallest absolute Gasteiger partial charge is 0.281 e. The Hall–Kier alpha value is -3.37. The zero-order valence-corrected chi connectivity index (χ0v) is 21.3. The van der Waals surface area contributed by atoms with E-state index in [1.165, 1.54) is 10.0 Å². The summed E-state index contributed by atoms with van der Waals surface area (Å²) in [5, 5.41) is 11.5. The van der Waals surface area contributed by atoms with Crippen LogP contribution in [-0.2, 0) is 10.2 Å². The van der Waals surface area contributed by atoms with Gasteiger partial charge >= 0.3 is 0 Å². The Morgan fingerprint density at radius 3 is 2.21 bits per heavy atom. The lowest BCUT2D eigenvalue weighted by molar-refractivity contribution is -0.118. The van der Waals surface area contributed by atoms with Crippen molar-refractivity contribution in [3.05, 3.63) is 51.7 Å². The topological polar surface area (TPSA) is 106 Å². The highest BCUT2D eigenvalue weighted by molar-refractivity contribution is 7.15. The van der Waals surface area contributed by atoms with Crippen LogP contribution in [0.15, 0.2) is 46.6 Å². The van der Waals surface area contributed by atoms with Crippen LogP contribution in [0.4, 0.5) is 5.69 Å². The van der Waals surface area contributed by atoms with Gasteiger partial charge in [-0.2, -0.15) is 15.2 Å². The van der Waals surface area contributed by atoms with Crippen molar-refractivity contribution in [3.63, 3.8) is 0 Å². The fraction of sp³-hybridized carbons (Fsp3) is 0.375. The van der Waals surface area contributed by atoms with Crippen molar-refractivity contribution in [1.29, 1.82) is 0 Å². The number of thiophene rings is 1. The Kier molecular flexibility index (Phi) is 7.32. The molecule has 0 saturated heterocycles. The standard InChI is InChI=1S/C24H30N6O3S/c1-14(25-26-21(31)18-12-13-19(34-18)22(32)28-29(6)7)20-15(2)27-30(23(20)33)17-10-8-16(9-11-17)24(3,4)5/h8-13,20H,1-7H3,(H,26,31)(H,28,32)/b25-14+. The highest BCUT2D eigenvalue weighted by Crippen LogP contribution is 2.28. The largest absolute Gasteiger partial charge is 0.285 e. The van der Waals surface area contributed by atoms with Crippen LogP contribution in [0.5, 0.6) is 0 Å². The van der Waals surface area contributed by atoms with Crippen LogP contribution in [0.2, 0.25) is 0 Å². The summed E-state index contributed by atoms with van der Waals surface area (Å²) in [6.45, 7) is 9.83. The van der Waals surface area contributed by atoms with E-state index < -0.39 is 11.8 Å². The van der Waals surface area contributed by atoms with Gasteiger partial charge in [0, 0.05) is 14.1 Å². The molecule has 0 spiro atoms. The molecule has 0 fully saturated rings. The maximum Gasteiger partial charge on any atom is 0.281 e. The molecule has 1 aromatic heterocycles. The lowest BCUT2D eigenvalue weighted by Gasteiger charge is -2.20. The second kappa shape index (κ2) is 9.86. The van der Waals surface area contributed by atoms with Gasteiger partial charge in [-0.05, 0) is 49.1 Å². The van der Waals surface area contributed by atoms with Gasteiger partial charge in [-0.15, -0.1) is 11.3 Å². The van der Waals surface area contributed by atoms with Gasteiger partial charge in [0.1, 0.15) is 5.92 Å². The monoisotopic (exact) mass is 482 g/mol. The van der Waals surface area contributed by atoms with E-state index in [4.69, 9.17) is 0 Å². The molecule has 180 valence electrons. The van der Waals surface area contributed by atoms with Gasteiger partial charge in [-0.3, -0.25) is 19.8 Å². The molecule has 3 amide bonds. The van der Waals surface area contributed by atoms with Crippen LogP contribution in [0, 0.1) is 5.92 Å². The number of anilines is 1. The lowest BCUT2D eigenvalue weighted by atomic mass is 9.87. The van der Waals surface area contributed by atoms with Crippen LogP contribution in [-0.4, -0.2) is 48.2 Å². The molecule has 9 nitrogen and oxygen atoms in total. The van der Waals surface area contributed by atoms with Crippen LogP contribution >= 0.6 is 11.3 Å². The summed E-state index contributed by atoms with van der Waals surface area (Å²) in [6.07, 6.45) is 0. The quantitative estimate of drug-likeness (QED) is 0.486. The van der Waals surface area contributed by atoms with E-state index in [9.17, 15) is 14.4 Å². The molecule has 1 atom stereocenters. The molecule has 2 N–H and O–H groups in total. The molecule has 10 heteroatoms. The molecule has 0 aliphatic carbocycles. The predicted molar refractivity (Wildman–Crippen MR) is 135 cm³/mol. The van der Waals surface area contributed by atoms with Gasteiger partial charge in [0.15, 0.2) is 0 Å². The molecule has 34 heavy (non-hydrogen) atoms. The zero-order valence-electron chi connectivity index (χ0n) is 20.5. The summed E-state index contributed by atoms with van der Waals surface area (Å²) >= 11 is 1.06. The fourth-order valence-electron chi connectivity index (χ4n) is 3.43. The minimum absolute atomic E-state index is 0.0101. The summed E-state index contributed by atoms with van der Waals surface area (Å²) in [4.78, 5) is 38.4. The van der Waals surface area contributed by atoms with E-state index in [0.717, 1.165) is 16.9 Å². The first-order valence-electron chi connectivity index (χ1n) is 10.8. The number of benzene rings is 1. The predicted octanol–water partition coefficient (Wildman–Crippen LogP) is 3.40. The fourth-order valence-corrected chi connectivity index (χ4v) is 4.22. The number of carbonyl (C=O) groups excluding carboxylic acids is 3. The molecule has 2 heterocycles. The Labute approximate surface area is 203 Å². The van der Waals surface area contributed by atoms with E-state index >= 15 is 0 Å². The Bertz CT molecular complexity index is 1160. The first-order valence-corrected chi connectivity index (χ1v) is 11.6. The summed E-state index contributed by atoms with van der Waals surface area (Å²) in [5.41, 5.74) is 7.98. The maximum atomic E-state index is 13.1. The lowest BCUT2D eigenvalue weighted by Crippen LogP contribution is -2.35. The van der Waals surface area contributed by atoms with Crippen LogP contribution < -0.4 is 15.9 Å². The van der Waals surface area contributed by atoms with Crippen molar-refractivity contribution in [1.82, 2.24) is 15.9 Å². The van der Waals surface area contributed by atoms with Gasteiger partial charge in [0.25, 0.3) is 17.7 Å². The number of nitrogens with zero attached hydrogens (tertiary/aromatic N) is 4. The van der Waals surface area contributed by atoms with Crippen molar-refractivity contribution in [2.24, 2.45) is 16.1 Å². The molecule has 3 rings (SSSR count). The number of rotatable bonds is 6. The van der Waals surface area contributed by atoms with Crippen LogP contribution in [0.25, 0.3) is 0 Å². The van der Waals surface area contributed by atoms with E-state index in [1.807, 2.05) is 24.3 Å². The first-order chi connectivity index (χ1) is 15.9. The van der Waals surface area contributed by atoms with Crippen molar-refractivity contribution < 1.29 is 14.4 Å². The number of hydrogen-bond acceptors (Lipinski definition) is 7. The number of hydrazone groups is 2. The van der Waals surface area contributed by atoms with Crippen LogP contribution in [0.3, 0.4) is 0 Å². The summed E-state index contributed by atoms with van der Waals surface area (Å²) in [6, 6.07) is 10.9. The minimum atomic E-state index is -0.660. The zero-order chi connectivity index (χ0) is 25.2. The highest BCUT2D eigenvalue weighted by atomic mass is 32.1. The van der Waals surface area contributed by atoms with Gasteiger partial charge in [-0.1, -0.05) is 32.9 Å². The Balaban J connectivity index is 1.68. The number of carbonyl (C=O) groups is 3. The number of hydrogen-bond donors (Lipinski definition) is 2.